The lowest BCUT2D eigenvalue weighted by molar-refractivity contribution is 0.0523. The highest BCUT2D eigenvalue weighted by Gasteiger charge is 2.31. The maximum absolute atomic E-state index is 12.0. The van der Waals surface area contributed by atoms with E-state index in [-0.39, 0.29) is 5.92 Å². The van der Waals surface area contributed by atoms with E-state index >= 15 is 0 Å². The Bertz CT molecular complexity index is 507. The number of halogens is 1. The first-order chi connectivity index (χ1) is 9.15. The van der Waals surface area contributed by atoms with Crippen LogP contribution in [0.3, 0.4) is 0 Å². The van der Waals surface area contributed by atoms with Crippen LogP contribution in [0.4, 0.5) is 0 Å². The predicted octanol–water partition coefficient (Wildman–Crippen LogP) is 2.90. The quantitative estimate of drug-likeness (QED) is 0.485. The van der Waals surface area contributed by atoms with E-state index in [4.69, 9.17) is 16.3 Å². The summed E-state index contributed by atoms with van der Waals surface area (Å²) in [5.41, 5.74) is 2.58. The van der Waals surface area contributed by atoms with Gasteiger partial charge in [-0.2, -0.15) is 0 Å². The summed E-state index contributed by atoms with van der Waals surface area (Å²) in [5.74, 6) is 0.182. The van der Waals surface area contributed by atoms with Crippen molar-refractivity contribution in [1.29, 1.82) is 0 Å². The van der Waals surface area contributed by atoms with E-state index in [1.54, 1.807) is 6.92 Å². The molecule has 5 heteroatoms. The molecule has 1 aliphatic rings. The van der Waals surface area contributed by atoms with Crippen molar-refractivity contribution in [2.75, 3.05) is 12.5 Å². The number of nitrogens with zero attached hydrogens (tertiary/aromatic N) is 1. The van der Waals surface area contributed by atoms with Crippen LogP contribution in [0, 0.1) is 6.92 Å². The fourth-order valence-electron chi connectivity index (χ4n) is 2.88. The Morgan fingerprint density at radius 1 is 1.58 bits per heavy atom. The summed E-state index contributed by atoms with van der Waals surface area (Å²) >= 11 is 5.99. The zero-order valence-electron chi connectivity index (χ0n) is 11.2. The number of hydrogen-bond acceptors (Lipinski definition) is 3. The van der Waals surface area contributed by atoms with Gasteiger partial charge in [0.25, 0.3) is 0 Å². The molecule has 1 atom stereocenters. The van der Waals surface area contributed by atoms with Crippen LogP contribution in [0.15, 0.2) is 0 Å². The number of esters is 1. The van der Waals surface area contributed by atoms with Crippen molar-refractivity contribution >= 4 is 23.9 Å². The zero-order chi connectivity index (χ0) is 14.0. The summed E-state index contributed by atoms with van der Waals surface area (Å²) in [7, 11) is 0. The topological polar surface area (TPSA) is 48.3 Å². The van der Waals surface area contributed by atoms with Crippen LogP contribution in [0.5, 0.6) is 0 Å². The van der Waals surface area contributed by atoms with E-state index < -0.39 is 5.97 Å². The zero-order valence-corrected chi connectivity index (χ0v) is 12.0. The number of alkyl halides is 1. The summed E-state index contributed by atoms with van der Waals surface area (Å²) in [6, 6.07) is 0. The van der Waals surface area contributed by atoms with Gasteiger partial charge >= 0.3 is 5.97 Å². The second kappa shape index (κ2) is 5.78. The molecule has 1 aliphatic heterocycles. The van der Waals surface area contributed by atoms with Gasteiger partial charge in [-0.15, -0.1) is 11.6 Å². The van der Waals surface area contributed by atoms with Gasteiger partial charge in [0, 0.05) is 29.7 Å². The summed E-state index contributed by atoms with van der Waals surface area (Å²) < 4.78 is 7.10. The second-order valence-electron chi connectivity index (χ2n) is 4.74. The minimum absolute atomic E-state index is 0.137. The van der Waals surface area contributed by atoms with Crippen molar-refractivity contribution in [3.05, 3.63) is 22.5 Å². The molecule has 0 amide bonds. The standard InChI is InChI=1S/C14H18ClNO3/c1-3-19-14(18)12-9(2)16-6-4-5-10(7-15)13(16)11(12)8-17/h8,10H,3-7H2,1-2H3. The molecule has 19 heavy (non-hydrogen) atoms. The Balaban J connectivity index is 2.59. The fourth-order valence-corrected chi connectivity index (χ4v) is 3.18. The van der Waals surface area contributed by atoms with Gasteiger partial charge in [0.2, 0.25) is 0 Å². The maximum atomic E-state index is 12.0. The second-order valence-corrected chi connectivity index (χ2v) is 5.05. The number of rotatable bonds is 4. The molecule has 0 saturated heterocycles. The number of carbonyl (C=O) groups is 2. The van der Waals surface area contributed by atoms with Crippen LogP contribution in [-0.4, -0.2) is 29.3 Å². The third kappa shape index (κ3) is 2.29. The Morgan fingerprint density at radius 3 is 2.89 bits per heavy atom. The lowest BCUT2D eigenvalue weighted by Crippen LogP contribution is -2.18. The number of carbonyl (C=O) groups excluding carboxylic acids is 2. The van der Waals surface area contributed by atoms with Crippen LogP contribution in [-0.2, 0) is 11.3 Å². The van der Waals surface area contributed by atoms with Gasteiger partial charge in [0.1, 0.15) is 0 Å². The van der Waals surface area contributed by atoms with Gasteiger partial charge in [-0.3, -0.25) is 4.79 Å². The molecule has 1 aromatic heterocycles. The van der Waals surface area contributed by atoms with E-state index in [1.165, 1.54) is 0 Å². The van der Waals surface area contributed by atoms with Gasteiger partial charge in [0.15, 0.2) is 6.29 Å². The monoisotopic (exact) mass is 283 g/mol. The van der Waals surface area contributed by atoms with E-state index in [1.807, 2.05) is 11.5 Å². The molecule has 2 rings (SSSR count). The van der Waals surface area contributed by atoms with Gasteiger partial charge < -0.3 is 9.30 Å². The highest BCUT2D eigenvalue weighted by Crippen LogP contribution is 2.35. The first-order valence-electron chi connectivity index (χ1n) is 6.56. The van der Waals surface area contributed by atoms with Crippen LogP contribution < -0.4 is 0 Å². The minimum Gasteiger partial charge on any atom is -0.462 e. The Morgan fingerprint density at radius 2 is 2.32 bits per heavy atom. The maximum Gasteiger partial charge on any atom is 0.340 e. The van der Waals surface area contributed by atoms with E-state index in [0.29, 0.717) is 23.6 Å². The van der Waals surface area contributed by atoms with Crippen LogP contribution in [0.1, 0.15) is 57.8 Å². The van der Waals surface area contributed by atoms with Crippen molar-refractivity contribution < 1.29 is 14.3 Å². The van der Waals surface area contributed by atoms with Gasteiger partial charge in [-0.05, 0) is 26.7 Å². The molecule has 0 aromatic carbocycles. The number of aldehydes is 1. The van der Waals surface area contributed by atoms with E-state index in [9.17, 15) is 9.59 Å². The molecule has 0 saturated carbocycles. The summed E-state index contributed by atoms with van der Waals surface area (Å²) in [5, 5.41) is 0. The molecular formula is C14H18ClNO3. The first-order valence-corrected chi connectivity index (χ1v) is 7.10. The number of ether oxygens (including phenoxy) is 1. The third-order valence-electron chi connectivity index (χ3n) is 3.71. The normalized spacial score (nSPS) is 17.9. The first kappa shape index (κ1) is 14.1. The highest BCUT2D eigenvalue weighted by molar-refractivity contribution is 6.18. The van der Waals surface area contributed by atoms with Crippen LogP contribution in [0.2, 0.25) is 0 Å². The average Bonchev–Trinajstić information content (AvgIpc) is 2.72. The van der Waals surface area contributed by atoms with Crippen molar-refractivity contribution in [3.8, 4) is 0 Å². The minimum atomic E-state index is -0.419. The smallest absolute Gasteiger partial charge is 0.340 e. The molecule has 0 N–H and O–H groups in total. The van der Waals surface area contributed by atoms with E-state index in [2.05, 4.69) is 0 Å². The lowest BCUT2D eigenvalue weighted by Gasteiger charge is -2.24. The van der Waals surface area contributed by atoms with Crippen LogP contribution in [0.25, 0.3) is 0 Å². The molecule has 0 aliphatic carbocycles. The predicted molar refractivity (Wildman–Crippen MR) is 73.2 cm³/mol. The molecule has 0 spiro atoms. The summed E-state index contributed by atoms with van der Waals surface area (Å²) in [6.45, 7) is 4.75. The van der Waals surface area contributed by atoms with Crippen molar-refractivity contribution in [2.45, 2.75) is 39.2 Å². The van der Waals surface area contributed by atoms with Crippen molar-refractivity contribution in [2.24, 2.45) is 0 Å². The Hall–Kier alpha value is -1.29. The number of aromatic nitrogens is 1. The highest BCUT2D eigenvalue weighted by atomic mass is 35.5. The van der Waals surface area contributed by atoms with Gasteiger partial charge in [0.05, 0.1) is 17.7 Å². The molecular weight excluding hydrogens is 266 g/mol. The Kier molecular flexibility index (Phi) is 4.30. The van der Waals surface area contributed by atoms with Crippen molar-refractivity contribution in [1.82, 2.24) is 4.57 Å². The number of fused-ring (bicyclic) bond motifs is 1. The molecule has 2 heterocycles. The third-order valence-corrected chi connectivity index (χ3v) is 4.08. The largest absolute Gasteiger partial charge is 0.462 e. The molecule has 0 fully saturated rings. The lowest BCUT2D eigenvalue weighted by atomic mass is 9.94. The van der Waals surface area contributed by atoms with E-state index in [0.717, 1.165) is 37.1 Å². The summed E-state index contributed by atoms with van der Waals surface area (Å²) in [4.78, 5) is 23.4. The SMILES string of the molecule is CCOC(=O)c1c(C=O)c2n(c1C)CCCC2CCl. The molecule has 1 unspecified atom stereocenters. The average molecular weight is 284 g/mol. The number of hydrogen-bond donors (Lipinski definition) is 0. The molecule has 104 valence electrons. The van der Waals surface area contributed by atoms with Crippen LogP contribution >= 0.6 is 11.6 Å². The summed E-state index contributed by atoms with van der Waals surface area (Å²) in [6.07, 6.45) is 2.73. The molecule has 0 radical (unpaired) electrons. The van der Waals surface area contributed by atoms with Gasteiger partial charge in [-0.25, -0.2) is 4.79 Å². The molecule has 1 aromatic rings. The Labute approximate surface area is 117 Å². The van der Waals surface area contributed by atoms with Gasteiger partial charge in [-0.1, -0.05) is 0 Å². The molecule has 4 nitrogen and oxygen atoms in total. The van der Waals surface area contributed by atoms with Crippen molar-refractivity contribution in [3.63, 3.8) is 0 Å². The molecule has 0 bridgehead atoms. The fraction of sp³-hybridized carbons (Fsp3) is 0.571.